The molecule has 3 aromatic rings. The monoisotopic (exact) mass is 437 g/mol. The second-order valence-electron chi connectivity index (χ2n) is 6.64. The smallest absolute Gasteiger partial charge is 0.368 e. The summed E-state index contributed by atoms with van der Waals surface area (Å²) in [5.41, 5.74) is 2.51. The Hall–Kier alpha value is -3.64. The molecule has 0 saturated heterocycles. The lowest BCUT2D eigenvalue weighted by Crippen LogP contribution is -2.06. The summed E-state index contributed by atoms with van der Waals surface area (Å²) < 4.78 is 25.1. The minimum atomic E-state index is -0.535. The number of hydrogen-bond acceptors (Lipinski definition) is 5. The van der Waals surface area contributed by atoms with E-state index < -0.39 is 11.8 Å². The van der Waals surface area contributed by atoms with Gasteiger partial charge in [0.25, 0.3) is 0 Å². The van der Waals surface area contributed by atoms with E-state index in [-0.39, 0.29) is 17.2 Å². The Morgan fingerprint density at radius 1 is 1.06 bits per heavy atom. The molecule has 31 heavy (non-hydrogen) atoms. The summed E-state index contributed by atoms with van der Waals surface area (Å²) in [6.45, 7) is -0.0561. The summed E-state index contributed by atoms with van der Waals surface area (Å²) in [7, 11) is 1.50. The number of rotatable bonds is 6. The number of benzene rings is 3. The average Bonchev–Trinajstić information content (AvgIpc) is 3.14. The molecular formula is C24H17ClFNO4. The highest BCUT2D eigenvalue weighted by Crippen LogP contribution is 2.31. The minimum absolute atomic E-state index is 0.0561. The third-order valence-electron chi connectivity index (χ3n) is 4.67. The Balaban J connectivity index is 1.59. The minimum Gasteiger partial charge on any atom is -0.493 e. The van der Waals surface area contributed by atoms with Gasteiger partial charge in [0.05, 0.1) is 17.7 Å². The van der Waals surface area contributed by atoms with Gasteiger partial charge in [-0.1, -0.05) is 59.2 Å². The van der Waals surface area contributed by atoms with Gasteiger partial charge >= 0.3 is 5.97 Å². The molecule has 4 rings (SSSR count). The molecule has 0 amide bonds. The number of methoxy groups -OCH3 is 1. The van der Waals surface area contributed by atoms with Crippen LogP contribution in [0.1, 0.15) is 16.7 Å². The van der Waals surface area contributed by atoms with Crippen LogP contribution in [0.15, 0.2) is 77.5 Å². The van der Waals surface area contributed by atoms with Crippen molar-refractivity contribution in [1.29, 1.82) is 0 Å². The molecule has 0 radical (unpaired) electrons. The number of carbonyl (C=O) groups is 1. The van der Waals surface area contributed by atoms with Gasteiger partial charge in [0.15, 0.2) is 11.5 Å². The maximum atomic E-state index is 14.0. The van der Waals surface area contributed by atoms with Crippen LogP contribution in [0.4, 0.5) is 4.39 Å². The highest BCUT2D eigenvalue weighted by Gasteiger charge is 2.26. The number of hydrogen-bond donors (Lipinski definition) is 0. The predicted molar refractivity (Wildman–Crippen MR) is 116 cm³/mol. The van der Waals surface area contributed by atoms with Crippen LogP contribution in [0.2, 0.25) is 5.02 Å². The largest absolute Gasteiger partial charge is 0.493 e. The lowest BCUT2D eigenvalue weighted by atomic mass is 10.0. The van der Waals surface area contributed by atoms with Crippen LogP contribution in [0.3, 0.4) is 0 Å². The standard InChI is InChI=1S/C24H17ClFNO4/c1-29-22-13-15(10-11-21(22)30-14-18-19(25)8-5-9-20(18)26)12-17-23(27-31-24(17)28)16-6-3-2-4-7-16/h2-13H,14H2,1H3/b17-12+. The third kappa shape index (κ3) is 4.44. The van der Waals surface area contributed by atoms with E-state index in [1.807, 2.05) is 30.3 Å². The highest BCUT2D eigenvalue weighted by atomic mass is 35.5. The quantitative estimate of drug-likeness (QED) is 0.382. The number of halogens is 2. The second kappa shape index (κ2) is 9.02. The molecule has 0 bridgehead atoms. The van der Waals surface area contributed by atoms with Crippen molar-refractivity contribution in [2.75, 3.05) is 7.11 Å². The van der Waals surface area contributed by atoms with Gasteiger partial charge in [-0.2, -0.15) is 0 Å². The Morgan fingerprint density at radius 2 is 1.87 bits per heavy atom. The van der Waals surface area contributed by atoms with Gasteiger partial charge in [-0.15, -0.1) is 0 Å². The molecule has 3 aromatic carbocycles. The van der Waals surface area contributed by atoms with E-state index >= 15 is 0 Å². The van der Waals surface area contributed by atoms with Crippen molar-refractivity contribution in [3.8, 4) is 11.5 Å². The number of carbonyl (C=O) groups excluding carboxylic acids is 1. The Bertz CT molecular complexity index is 1170. The fourth-order valence-corrected chi connectivity index (χ4v) is 3.31. The van der Waals surface area contributed by atoms with Gasteiger partial charge in [-0.25, -0.2) is 9.18 Å². The second-order valence-corrected chi connectivity index (χ2v) is 7.05. The summed E-state index contributed by atoms with van der Waals surface area (Å²) >= 11 is 6.05. The van der Waals surface area contributed by atoms with Crippen molar-refractivity contribution in [2.45, 2.75) is 6.61 Å². The first kappa shape index (κ1) is 20.6. The first-order valence-electron chi connectivity index (χ1n) is 9.37. The van der Waals surface area contributed by atoms with Crippen molar-refractivity contribution in [3.05, 3.63) is 99.8 Å². The maximum Gasteiger partial charge on any atom is 0.368 e. The number of oxime groups is 1. The molecule has 0 spiro atoms. The summed E-state index contributed by atoms with van der Waals surface area (Å²) in [6, 6.07) is 18.9. The van der Waals surface area contributed by atoms with Crippen LogP contribution < -0.4 is 9.47 Å². The molecule has 5 nitrogen and oxygen atoms in total. The molecule has 0 aliphatic carbocycles. The molecule has 156 valence electrons. The molecule has 0 fully saturated rings. The summed E-state index contributed by atoms with van der Waals surface area (Å²) in [5, 5.41) is 4.18. The van der Waals surface area contributed by atoms with Crippen LogP contribution in [0, 0.1) is 5.82 Å². The van der Waals surface area contributed by atoms with Crippen molar-refractivity contribution in [3.63, 3.8) is 0 Å². The number of nitrogens with zero attached hydrogens (tertiary/aromatic N) is 1. The SMILES string of the molecule is COc1cc(/C=C2/C(=O)ON=C2c2ccccc2)ccc1OCc1c(F)cccc1Cl. The first-order valence-corrected chi connectivity index (χ1v) is 9.75. The predicted octanol–water partition coefficient (Wildman–Crippen LogP) is 5.41. The van der Waals surface area contributed by atoms with E-state index in [2.05, 4.69) is 5.16 Å². The lowest BCUT2D eigenvalue weighted by Gasteiger charge is -2.13. The summed E-state index contributed by atoms with van der Waals surface area (Å²) in [4.78, 5) is 17.1. The van der Waals surface area contributed by atoms with Gasteiger partial charge in [-0.3, -0.25) is 0 Å². The molecule has 1 aliphatic rings. The lowest BCUT2D eigenvalue weighted by molar-refractivity contribution is -0.136. The fraction of sp³-hybridized carbons (Fsp3) is 0.0833. The number of ether oxygens (including phenoxy) is 2. The third-order valence-corrected chi connectivity index (χ3v) is 5.03. The van der Waals surface area contributed by atoms with Crippen LogP contribution >= 0.6 is 11.6 Å². The van der Waals surface area contributed by atoms with Crippen molar-refractivity contribution >= 4 is 29.4 Å². The molecule has 0 N–H and O–H groups in total. The Kier molecular flexibility index (Phi) is 6.00. The fourth-order valence-electron chi connectivity index (χ4n) is 3.09. The van der Waals surface area contributed by atoms with Gasteiger partial charge in [-0.05, 0) is 35.9 Å². The molecule has 0 unspecified atom stereocenters. The topological polar surface area (TPSA) is 57.1 Å². The van der Waals surface area contributed by atoms with Crippen molar-refractivity contribution in [1.82, 2.24) is 0 Å². The van der Waals surface area contributed by atoms with E-state index in [1.54, 1.807) is 30.3 Å². The zero-order chi connectivity index (χ0) is 21.8. The molecule has 0 aromatic heterocycles. The van der Waals surface area contributed by atoms with Crippen molar-refractivity contribution < 1.29 is 23.5 Å². The summed E-state index contributed by atoms with van der Waals surface area (Å²) in [6.07, 6.45) is 1.67. The van der Waals surface area contributed by atoms with Gasteiger partial charge < -0.3 is 14.3 Å². The maximum absolute atomic E-state index is 14.0. The van der Waals surface area contributed by atoms with Crippen LogP contribution in [-0.4, -0.2) is 18.8 Å². The molecule has 1 heterocycles. The van der Waals surface area contributed by atoms with E-state index in [9.17, 15) is 9.18 Å². The first-order chi connectivity index (χ1) is 15.1. The zero-order valence-electron chi connectivity index (χ0n) is 16.5. The van der Waals surface area contributed by atoms with Crippen LogP contribution in [0.25, 0.3) is 6.08 Å². The molecule has 0 atom stereocenters. The van der Waals surface area contributed by atoms with E-state index in [1.165, 1.54) is 19.2 Å². The molecule has 0 saturated carbocycles. The molecular weight excluding hydrogens is 421 g/mol. The van der Waals surface area contributed by atoms with E-state index in [0.29, 0.717) is 28.3 Å². The highest BCUT2D eigenvalue weighted by molar-refractivity contribution is 6.31. The van der Waals surface area contributed by atoms with Crippen molar-refractivity contribution in [2.24, 2.45) is 5.16 Å². The van der Waals surface area contributed by atoms with E-state index in [0.717, 1.165) is 5.56 Å². The van der Waals surface area contributed by atoms with Crippen LogP contribution in [0.5, 0.6) is 11.5 Å². The molecule has 7 heteroatoms. The normalized spacial score (nSPS) is 14.4. The Labute approximate surface area is 183 Å². The van der Waals surface area contributed by atoms with Crippen LogP contribution in [-0.2, 0) is 16.2 Å². The molecule has 1 aliphatic heterocycles. The van der Waals surface area contributed by atoms with Gasteiger partial charge in [0.2, 0.25) is 0 Å². The van der Waals surface area contributed by atoms with Gasteiger partial charge in [0, 0.05) is 11.1 Å². The average molecular weight is 438 g/mol. The zero-order valence-corrected chi connectivity index (χ0v) is 17.2. The van der Waals surface area contributed by atoms with E-state index in [4.69, 9.17) is 25.9 Å². The van der Waals surface area contributed by atoms with Gasteiger partial charge in [0.1, 0.15) is 18.1 Å². The summed E-state index contributed by atoms with van der Waals surface area (Å²) in [5.74, 6) is -0.145. The Morgan fingerprint density at radius 3 is 2.61 bits per heavy atom.